The SMILES string of the molecule is Cc1ccc(NC(=O)c2cc(CNC(=O)OC(C)(C)C)no2)cc1C(F)(F)F. The van der Waals surface area contributed by atoms with Crippen molar-refractivity contribution in [1.29, 1.82) is 0 Å². The van der Waals surface area contributed by atoms with Crippen LogP contribution < -0.4 is 10.6 Å². The molecule has 0 saturated heterocycles. The Morgan fingerprint density at radius 2 is 1.86 bits per heavy atom. The summed E-state index contributed by atoms with van der Waals surface area (Å²) in [6.45, 7) is 6.41. The highest BCUT2D eigenvalue weighted by Crippen LogP contribution is 2.33. The van der Waals surface area contributed by atoms with Crippen LogP contribution in [-0.2, 0) is 17.5 Å². The van der Waals surface area contributed by atoms with E-state index in [1.807, 2.05) is 0 Å². The summed E-state index contributed by atoms with van der Waals surface area (Å²) in [5.41, 5.74) is -1.25. The first-order valence-electron chi connectivity index (χ1n) is 8.27. The average Bonchev–Trinajstić information content (AvgIpc) is 3.01. The number of halogens is 3. The molecule has 1 aromatic heterocycles. The number of nitrogens with one attached hydrogen (secondary N) is 2. The molecule has 2 aromatic rings. The van der Waals surface area contributed by atoms with Gasteiger partial charge in [0, 0.05) is 11.8 Å². The number of ether oxygens (including phenoxy) is 1. The van der Waals surface area contributed by atoms with Gasteiger partial charge in [-0.25, -0.2) is 4.79 Å². The molecular formula is C18H20F3N3O4. The number of carbonyl (C=O) groups excluding carboxylic acids is 2. The van der Waals surface area contributed by atoms with E-state index in [2.05, 4.69) is 15.8 Å². The number of hydrogen-bond acceptors (Lipinski definition) is 5. The van der Waals surface area contributed by atoms with Crippen molar-refractivity contribution in [2.75, 3.05) is 5.32 Å². The summed E-state index contributed by atoms with van der Waals surface area (Å²) >= 11 is 0. The number of anilines is 1. The molecule has 0 atom stereocenters. The highest BCUT2D eigenvalue weighted by Gasteiger charge is 2.32. The maximum absolute atomic E-state index is 13.0. The van der Waals surface area contributed by atoms with E-state index in [9.17, 15) is 22.8 Å². The van der Waals surface area contributed by atoms with Crippen molar-refractivity contribution in [3.63, 3.8) is 0 Å². The van der Waals surface area contributed by atoms with Gasteiger partial charge in [0.1, 0.15) is 11.3 Å². The van der Waals surface area contributed by atoms with Crippen LogP contribution >= 0.6 is 0 Å². The molecule has 1 aromatic carbocycles. The summed E-state index contributed by atoms with van der Waals surface area (Å²) in [7, 11) is 0. The summed E-state index contributed by atoms with van der Waals surface area (Å²) in [5.74, 6) is -0.983. The van der Waals surface area contributed by atoms with Gasteiger partial charge in [0.2, 0.25) is 5.76 Å². The van der Waals surface area contributed by atoms with Crippen LogP contribution in [0.25, 0.3) is 0 Å². The van der Waals surface area contributed by atoms with Gasteiger partial charge in [-0.05, 0) is 45.4 Å². The van der Waals surface area contributed by atoms with Crippen molar-refractivity contribution in [3.05, 3.63) is 46.8 Å². The second-order valence-electron chi connectivity index (χ2n) is 7.02. The lowest BCUT2D eigenvalue weighted by Crippen LogP contribution is -2.32. The molecule has 28 heavy (non-hydrogen) atoms. The Kier molecular flexibility index (Phi) is 6.01. The third kappa shape index (κ3) is 6.00. The lowest BCUT2D eigenvalue weighted by molar-refractivity contribution is -0.138. The van der Waals surface area contributed by atoms with E-state index in [4.69, 9.17) is 9.26 Å². The molecule has 0 aliphatic rings. The van der Waals surface area contributed by atoms with Crippen LogP contribution in [0.5, 0.6) is 0 Å². The normalized spacial score (nSPS) is 11.8. The number of alkyl carbamates (subject to hydrolysis) is 1. The van der Waals surface area contributed by atoms with Crippen LogP contribution in [0.4, 0.5) is 23.7 Å². The predicted molar refractivity (Wildman–Crippen MR) is 93.7 cm³/mol. The third-order valence-corrected chi connectivity index (χ3v) is 3.40. The largest absolute Gasteiger partial charge is 0.444 e. The zero-order chi connectivity index (χ0) is 21.1. The standard InChI is InChI=1S/C18H20F3N3O4/c1-10-5-6-11(7-13(10)18(19,20)21)23-15(25)14-8-12(24-28-14)9-22-16(26)27-17(2,3)4/h5-8H,9H2,1-4H3,(H,22,26)(H,23,25). The molecule has 2 amide bonds. The lowest BCUT2D eigenvalue weighted by atomic mass is 10.1. The van der Waals surface area contributed by atoms with Gasteiger partial charge in [0.15, 0.2) is 0 Å². The van der Waals surface area contributed by atoms with Gasteiger partial charge in [-0.2, -0.15) is 13.2 Å². The highest BCUT2D eigenvalue weighted by molar-refractivity contribution is 6.02. The molecule has 0 fully saturated rings. The molecule has 0 saturated carbocycles. The van der Waals surface area contributed by atoms with Gasteiger partial charge in [-0.15, -0.1) is 0 Å². The number of nitrogens with zero attached hydrogens (tertiary/aromatic N) is 1. The van der Waals surface area contributed by atoms with Crippen molar-refractivity contribution in [2.24, 2.45) is 0 Å². The second kappa shape index (κ2) is 7.91. The number of alkyl halides is 3. The summed E-state index contributed by atoms with van der Waals surface area (Å²) < 4.78 is 48.8. The van der Waals surface area contributed by atoms with Gasteiger partial charge in [-0.1, -0.05) is 11.2 Å². The Bertz CT molecular complexity index is 870. The highest BCUT2D eigenvalue weighted by atomic mass is 19.4. The van der Waals surface area contributed by atoms with Gasteiger partial charge < -0.3 is 19.9 Å². The first-order valence-corrected chi connectivity index (χ1v) is 8.27. The zero-order valence-electron chi connectivity index (χ0n) is 15.7. The molecule has 152 valence electrons. The zero-order valence-corrected chi connectivity index (χ0v) is 15.7. The number of rotatable bonds is 4. The molecule has 0 spiro atoms. The first-order chi connectivity index (χ1) is 12.8. The summed E-state index contributed by atoms with van der Waals surface area (Å²) in [6, 6.07) is 4.72. The molecule has 7 nitrogen and oxygen atoms in total. The number of aromatic nitrogens is 1. The van der Waals surface area contributed by atoms with Gasteiger partial charge >= 0.3 is 12.3 Å². The Balaban J connectivity index is 2.00. The molecule has 0 aliphatic carbocycles. The average molecular weight is 399 g/mol. The number of hydrogen-bond donors (Lipinski definition) is 2. The minimum atomic E-state index is -4.53. The molecule has 0 bridgehead atoms. The fraction of sp³-hybridized carbons (Fsp3) is 0.389. The summed E-state index contributed by atoms with van der Waals surface area (Å²) in [4.78, 5) is 23.8. The molecule has 2 N–H and O–H groups in total. The minimum Gasteiger partial charge on any atom is -0.444 e. The van der Waals surface area contributed by atoms with Crippen LogP contribution in [0.1, 0.15) is 48.1 Å². The Hall–Kier alpha value is -3.04. The molecule has 10 heteroatoms. The van der Waals surface area contributed by atoms with Crippen molar-refractivity contribution < 1.29 is 32.0 Å². The molecular weight excluding hydrogens is 379 g/mol. The quantitative estimate of drug-likeness (QED) is 0.801. The van der Waals surface area contributed by atoms with E-state index >= 15 is 0 Å². The second-order valence-corrected chi connectivity index (χ2v) is 7.02. The Labute approximate surface area is 159 Å². The van der Waals surface area contributed by atoms with Gasteiger partial charge in [0.25, 0.3) is 5.91 Å². The summed E-state index contributed by atoms with van der Waals surface area (Å²) in [5, 5.41) is 8.40. The van der Waals surface area contributed by atoms with Gasteiger partial charge in [-0.3, -0.25) is 4.79 Å². The summed E-state index contributed by atoms with van der Waals surface area (Å²) in [6.07, 6.45) is -5.20. The van der Waals surface area contributed by atoms with E-state index in [1.165, 1.54) is 25.1 Å². The Morgan fingerprint density at radius 3 is 2.46 bits per heavy atom. The number of carbonyl (C=O) groups is 2. The van der Waals surface area contributed by atoms with Crippen LogP contribution in [-0.4, -0.2) is 22.8 Å². The fourth-order valence-electron chi connectivity index (χ4n) is 2.18. The van der Waals surface area contributed by atoms with Crippen molar-refractivity contribution in [2.45, 2.75) is 46.0 Å². The fourth-order valence-corrected chi connectivity index (χ4v) is 2.18. The maximum atomic E-state index is 13.0. The van der Waals surface area contributed by atoms with Crippen LogP contribution in [0, 0.1) is 6.92 Å². The molecule has 2 rings (SSSR count). The van der Waals surface area contributed by atoms with E-state index in [0.717, 1.165) is 6.07 Å². The van der Waals surface area contributed by atoms with Gasteiger partial charge in [0.05, 0.1) is 12.1 Å². The number of benzene rings is 1. The number of amides is 2. The monoisotopic (exact) mass is 399 g/mol. The van der Waals surface area contributed by atoms with Crippen molar-refractivity contribution in [1.82, 2.24) is 10.5 Å². The van der Waals surface area contributed by atoms with Crippen LogP contribution in [0.3, 0.4) is 0 Å². The predicted octanol–water partition coefficient (Wildman–Crippen LogP) is 4.28. The molecule has 0 unspecified atom stereocenters. The topological polar surface area (TPSA) is 93.5 Å². The number of aryl methyl sites for hydroxylation is 1. The van der Waals surface area contributed by atoms with Crippen molar-refractivity contribution in [3.8, 4) is 0 Å². The molecule has 0 radical (unpaired) electrons. The third-order valence-electron chi connectivity index (χ3n) is 3.40. The first kappa shape index (κ1) is 21.3. The molecule has 0 aliphatic heterocycles. The van der Waals surface area contributed by atoms with Crippen LogP contribution in [0.2, 0.25) is 0 Å². The van der Waals surface area contributed by atoms with E-state index < -0.39 is 29.3 Å². The van der Waals surface area contributed by atoms with Crippen molar-refractivity contribution >= 4 is 17.7 Å². The minimum absolute atomic E-state index is 0.0345. The van der Waals surface area contributed by atoms with Crippen LogP contribution in [0.15, 0.2) is 28.8 Å². The molecule has 1 heterocycles. The lowest BCUT2D eigenvalue weighted by Gasteiger charge is -2.19. The van der Waals surface area contributed by atoms with E-state index in [-0.39, 0.29) is 29.2 Å². The van der Waals surface area contributed by atoms with E-state index in [1.54, 1.807) is 20.8 Å². The van der Waals surface area contributed by atoms with E-state index in [0.29, 0.717) is 0 Å². The Morgan fingerprint density at radius 1 is 1.18 bits per heavy atom. The smallest absolute Gasteiger partial charge is 0.416 e. The maximum Gasteiger partial charge on any atom is 0.416 e.